The molecule has 0 aliphatic heterocycles. The molecule has 29 heavy (non-hydrogen) atoms. The largest absolute Gasteiger partial charge is 0.450 e. The summed E-state index contributed by atoms with van der Waals surface area (Å²) in [5.74, 6) is -1.28. The van der Waals surface area contributed by atoms with Crippen molar-refractivity contribution in [2.75, 3.05) is 6.61 Å². The minimum absolute atomic E-state index is 0.00801. The summed E-state index contributed by atoms with van der Waals surface area (Å²) < 4.78 is 32.9. The summed E-state index contributed by atoms with van der Waals surface area (Å²) in [6.07, 6.45) is 0. The van der Waals surface area contributed by atoms with Crippen molar-refractivity contribution in [3.63, 3.8) is 0 Å². The molecule has 0 radical (unpaired) electrons. The van der Waals surface area contributed by atoms with Crippen molar-refractivity contribution in [2.45, 2.75) is 18.4 Å². The third-order valence-electron chi connectivity index (χ3n) is 4.16. The SMILES string of the molecule is Cc1c(C(=O)OCC(=O)NCc2ccc(S(N)(=O)=O)cc2)oc2ccc(Cl)cc12. The second-order valence-corrected chi connectivity index (χ2v) is 8.24. The first-order chi connectivity index (χ1) is 13.6. The molecule has 3 N–H and O–H groups in total. The highest BCUT2D eigenvalue weighted by Crippen LogP contribution is 2.28. The molecule has 1 amide bonds. The minimum Gasteiger partial charge on any atom is -0.450 e. The first kappa shape index (κ1) is 20.8. The lowest BCUT2D eigenvalue weighted by Gasteiger charge is -2.07. The van der Waals surface area contributed by atoms with Gasteiger partial charge in [0.2, 0.25) is 15.8 Å². The fourth-order valence-electron chi connectivity index (χ4n) is 2.63. The molecule has 0 spiro atoms. The maximum absolute atomic E-state index is 12.2. The lowest BCUT2D eigenvalue weighted by molar-refractivity contribution is -0.124. The number of primary sulfonamides is 1. The molecule has 0 fully saturated rings. The van der Waals surface area contributed by atoms with Gasteiger partial charge in [-0.1, -0.05) is 23.7 Å². The van der Waals surface area contributed by atoms with E-state index in [-0.39, 0.29) is 17.2 Å². The highest BCUT2D eigenvalue weighted by atomic mass is 35.5. The highest BCUT2D eigenvalue weighted by Gasteiger charge is 2.20. The van der Waals surface area contributed by atoms with E-state index in [1.165, 1.54) is 24.3 Å². The van der Waals surface area contributed by atoms with E-state index in [9.17, 15) is 18.0 Å². The quantitative estimate of drug-likeness (QED) is 0.571. The first-order valence-electron chi connectivity index (χ1n) is 8.39. The van der Waals surface area contributed by atoms with Gasteiger partial charge in [0.1, 0.15) is 5.58 Å². The second-order valence-electron chi connectivity index (χ2n) is 6.24. The Morgan fingerprint density at radius 3 is 2.52 bits per heavy atom. The van der Waals surface area contributed by atoms with Crippen molar-refractivity contribution in [1.82, 2.24) is 5.32 Å². The standard InChI is InChI=1S/C19H17ClN2O6S/c1-11-15-8-13(20)4-7-16(15)28-18(11)19(24)27-10-17(23)22-9-12-2-5-14(6-3-12)29(21,25)26/h2-8H,9-10H2,1H3,(H,22,23)(H2,21,25,26). The molecule has 8 nitrogen and oxygen atoms in total. The number of benzene rings is 2. The van der Waals surface area contributed by atoms with E-state index < -0.39 is 28.5 Å². The molecule has 1 heterocycles. The zero-order valence-electron chi connectivity index (χ0n) is 15.3. The number of sulfonamides is 1. The summed E-state index contributed by atoms with van der Waals surface area (Å²) in [7, 11) is -3.77. The molecule has 3 rings (SSSR count). The molecule has 1 aromatic heterocycles. The Balaban J connectivity index is 1.55. The number of hydrogen-bond acceptors (Lipinski definition) is 6. The molecule has 3 aromatic rings. The molecule has 152 valence electrons. The van der Waals surface area contributed by atoms with Gasteiger partial charge in [0.15, 0.2) is 6.61 Å². The number of rotatable bonds is 6. The predicted molar refractivity (Wildman–Crippen MR) is 106 cm³/mol. The summed E-state index contributed by atoms with van der Waals surface area (Å²) in [5, 5.41) is 8.80. The number of fused-ring (bicyclic) bond motifs is 1. The van der Waals surface area contributed by atoms with Crippen molar-refractivity contribution in [3.8, 4) is 0 Å². The van der Waals surface area contributed by atoms with E-state index in [1.807, 2.05) is 0 Å². The number of carbonyl (C=O) groups excluding carboxylic acids is 2. The molecule has 0 saturated carbocycles. The molecule has 10 heteroatoms. The Bertz CT molecular complexity index is 1190. The number of hydrogen-bond donors (Lipinski definition) is 2. The van der Waals surface area contributed by atoms with Crippen LogP contribution < -0.4 is 10.5 Å². The maximum Gasteiger partial charge on any atom is 0.375 e. The Morgan fingerprint density at radius 2 is 1.86 bits per heavy atom. The Hall–Kier alpha value is -2.88. The molecule has 0 saturated heterocycles. The van der Waals surface area contributed by atoms with Crippen LogP contribution in [0.25, 0.3) is 11.0 Å². The number of ether oxygens (including phenoxy) is 1. The van der Waals surface area contributed by atoms with Crippen LogP contribution in [-0.4, -0.2) is 26.9 Å². The van der Waals surface area contributed by atoms with Crippen LogP contribution in [0.15, 0.2) is 51.8 Å². The monoisotopic (exact) mass is 436 g/mol. The summed E-state index contributed by atoms with van der Waals surface area (Å²) in [4.78, 5) is 24.1. The van der Waals surface area contributed by atoms with Crippen molar-refractivity contribution < 1.29 is 27.2 Å². The third-order valence-corrected chi connectivity index (χ3v) is 5.32. The zero-order chi connectivity index (χ0) is 21.2. The molecule has 0 bridgehead atoms. The summed E-state index contributed by atoms with van der Waals surface area (Å²) >= 11 is 5.95. The van der Waals surface area contributed by atoms with Crippen molar-refractivity contribution in [3.05, 3.63) is 64.4 Å². The van der Waals surface area contributed by atoms with Crippen LogP contribution in [0.1, 0.15) is 21.7 Å². The van der Waals surface area contributed by atoms with Gasteiger partial charge in [-0.15, -0.1) is 0 Å². The fraction of sp³-hybridized carbons (Fsp3) is 0.158. The number of nitrogens with one attached hydrogen (secondary N) is 1. The molecule has 0 atom stereocenters. The Kier molecular flexibility index (Phi) is 5.92. The van der Waals surface area contributed by atoms with Crippen LogP contribution in [0, 0.1) is 6.92 Å². The fourth-order valence-corrected chi connectivity index (χ4v) is 3.32. The van der Waals surface area contributed by atoms with Gasteiger partial charge >= 0.3 is 5.97 Å². The van der Waals surface area contributed by atoms with Gasteiger partial charge in [-0.05, 0) is 42.8 Å². The van der Waals surface area contributed by atoms with E-state index in [0.29, 0.717) is 27.1 Å². The van der Waals surface area contributed by atoms with Gasteiger partial charge in [0, 0.05) is 22.5 Å². The van der Waals surface area contributed by atoms with Crippen molar-refractivity contribution in [2.24, 2.45) is 5.14 Å². The van der Waals surface area contributed by atoms with Gasteiger partial charge in [-0.3, -0.25) is 4.79 Å². The van der Waals surface area contributed by atoms with Crippen LogP contribution in [0.4, 0.5) is 0 Å². The van der Waals surface area contributed by atoms with Crippen LogP contribution in [0.5, 0.6) is 0 Å². The number of halogens is 1. The number of nitrogens with two attached hydrogens (primary N) is 1. The number of amides is 1. The molecule has 2 aromatic carbocycles. The Labute approximate surface area is 171 Å². The molecular formula is C19H17ClN2O6S. The van der Waals surface area contributed by atoms with E-state index >= 15 is 0 Å². The predicted octanol–water partition coefficient (Wildman–Crippen LogP) is 2.52. The minimum atomic E-state index is -3.77. The third kappa shape index (κ3) is 4.94. The van der Waals surface area contributed by atoms with E-state index in [1.54, 1.807) is 25.1 Å². The topological polar surface area (TPSA) is 129 Å². The summed E-state index contributed by atoms with van der Waals surface area (Å²) in [5.41, 5.74) is 1.72. The van der Waals surface area contributed by atoms with Gasteiger partial charge < -0.3 is 14.5 Å². The molecule has 0 aliphatic rings. The molecular weight excluding hydrogens is 420 g/mol. The summed E-state index contributed by atoms with van der Waals surface area (Å²) in [6, 6.07) is 10.7. The number of carbonyl (C=O) groups is 2. The van der Waals surface area contributed by atoms with Crippen LogP contribution in [-0.2, 0) is 26.1 Å². The van der Waals surface area contributed by atoms with Crippen LogP contribution in [0.3, 0.4) is 0 Å². The zero-order valence-corrected chi connectivity index (χ0v) is 16.8. The van der Waals surface area contributed by atoms with E-state index in [0.717, 1.165) is 0 Å². The second kappa shape index (κ2) is 8.24. The van der Waals surface area contributed by atoms with E-state index in [4.69, 9.17) is 25.9 Å². The lowest BCUT2D eigenvalue weighted by Crippen LogP contribution is -2.28. The van der Waals surface area contributed by atoms with Crippen molar-refractivity contribution in [1.29, 1.82) is 0 Å². The lowest BCUT2D eigenvalue weighted by atomic mass is 10.1. The smallest absolute Gasteiger partial charge is 0.375 e. The maximum atomic E-state index is 12.2. The van der Waals surface area contributed by atoms with Crippen molar-refractivity contribution >= 4 is 44.5 Å². The van der Waals surface area contributed by atoms with Crippen LogP contribution >= 0.6 is 11.6 Å². The first-order valence-corrected chi connectivity index (χ1v) is 10.3. The highest BCUT2D eigenvalue weighted by molar-refractivity contribution is 7.89. The van der Waals surface area contributed by atoms with Crippen LogP contribution in [0.2, 0.25) is 5.02 Å². The van der Waals surface area contributed by atoms with E-state index in [2.05, 4.69) is 5.32 Å². The number of esters is 1. The average Bonchev–Trinajstić information content (AvgIpc) is 3.00. The van der Waals surface area contributed by atoms with Gasteiger partial charge in [-0.2, -0.15) is 0 Å². The molecule has 0 unspecified atom stereocenters. The van der Waals surface area contributed by atoms with Gasteiger partial charge in [0.25, 0.3) is 5.91 Å². The normalized spacial score (nSPS) is 11.4. The summed E-state index contributed by atoms with van der Waals surface area (Å²) in [6.45, 7) is 1.33. The van der Waals surface area contributed by atoms with Gasteiger partial charge in [-0.25, -0.2) is 18.4 Å². The molecule has 0 aliphatic carbocycles. The average molecular weight is 437 g/mol. The number of aryl methyl sites for hydroxylation is 1. The van der Waals surface area contributed by atoms with Gasteiger partial charge in [0.05, 0.1) is 4.90 Å². The Morgan fingerprint density at radius 1 is 1.17 bits per heavy atom. The number of furan rings is 1.